The molecule has 0 aromatic heterocycles. The third-order valence-corrected chi connectivity index (χ3v) is 1.87. The van der Waals surface area contributed by atoms with Gasteiger partial charge in [-0.25, -0.2) is 0 Å². The van der Waals surface area contributed by atoms with Crippen molar-refractivity contribution in [3.63, 3.8) is 0 Å². The van der Waals surface area contributed by atoms with Crippen LogP contribution in [0.1, 0.15) is 13.8 Å². The molecule has 0 atom stereocenters. The molecule has 0 aliphatic carbocycles. The lowest BCUT2D eigenvalue weighted by molar-refractivity contribution is 0.262. The molecule has 0 spiro atoms. The number of methoxy groups -OCH3 is 1. The lowest BCUT2D eigenvalue weighted by Crippen LogP contribution is -2.26. The first-order valence-corrected chi connectivity index (χ1v) is 4.07. The Hall–Kier alpha value is -1.18. The van der Waals surface area contributed by atoms with Crippen molar-refractivity contribution in [2.24, 2.45) is 0 Å². The van der Waals surface area contributed by atoms with Gasteiger partial charge in [0.2, 0.25) is 0 Å². The highest BCUT2D eigenvalue weighted by Crippen LogP contribution is 2.21. The van der Waals surface area contributed by atoms with Crippen molar-refractivity contribution in [1.82, 2.24) is 4.90 Å². The van der Waals surface area contributed by atoms with Gasteiger partial charge in [0, 0.05) is 12.2 Å². The maximum atomic E-state index is 5.15. The molecule has 1 aliphatic rings. The van der Waals surface area contributed by atoms with Gasteiger partial charge in [0.1, 0.15) is 5.76 Å². The van der Waals surface area contributed by atoms with E-state index >= 15 is 0 Å². The van der Waals surface area contributed by atoms with Crippen molar-refractivity contribution < 1.29 is 4.74 Å². The van der Waals surface area contributed by atoms with Gasteiger partial charge in [-0.2, -0.15) is 0 Å². The summed E-state index contributed by atoms with van der Waals surface area (Å²) >= 11 is 0. The average molecular weight is 165 g/mol. The number of nitrogens with zero attached hydrogens (tertiary/aromatic N) is 1. The normalized spacial score (nSPS) is 16.8. The van der Waals surface area contributed by atoms with Crippen LogP contribution in [0.5, 0.6) is 0 Å². The van der Waals surface area contributed by atoms with Gasteiger partial charge < -0.3 is 9.64 Å². The number of ether oxygens (including phenoxy) is 1. The Labute approximate surface area is 73.8 Å². The van der Waals surface area contributed by atoms with E-state index in [1.54, 1.807) is 7.11 Å². The molecule has 2 heteroatoms. The predicted molar refractivity (Wildman–Crippen MR) is 50.3 cm³/mol. The molecule has 0 saturated carbocycles. The van der Waals surface area contributed by atoms with E-state index in [0.717, 1.165) is 11.5 Å². The summed E-state index contributed by atoms with van der Waals surface area (Å²) in [5.74, 6) is 0.839. The molecule has 1 rings (SSSR count). The summed E-state index contributed by atoms with van der Waals surface area (Å²) < 4.78 is 5.15. The molecular weight excluding hydrogens is 150 g/mol. The Morgan fingerprint density at radius 1 is 1.50 bits per heavy atom. The minimum atomic E-state index is 0.424. The van der Waals surface area contributed by atoms with Crippen LogP contribution in [-0.4, -0.2) is 18.1 Å². The van der Waals surface area contributed by atoms with E-state index in [4.69, 9.17) is 4.74 Å². The average Bonchev–Trinajstić information content (AvgIpc) is 2.04. The minimum Gasteiger partial charge on any atom is -0.495 e. The first kappa shape index (κ1) is 8.91. The second-order valence-corrected chi connectivity index (χ2v) is 3.02. The van der Waals surface area contributed by atoms with Crippen molar-refractivity contribution in [3.05, 3.63) is 36.4 Å². The second kappa shape index (κ2) is 3.48. The van der Waals surface area contributed by atoms with Crippen LogP contribution in [0, 0.1) is 0 Å². The quantitative estimate of drug-likeness (QED) is 0.622. The Morgan fingerprint density at radius 3 is 2.67 bits per heavy atom. The topological polar surface area (TPSA) is 12.5 Å². The molecule has 12 heavy (non-hydrogen) atoms. The molecule has 2 nitrogen and oxygen atoms in total. The molecule has 1 aliphatic heterocycles. The van der Waals surface area contributed by atoms with E-state index in [2.05, 4.69) is 25.3 Å². The summed E-state index contributed by atoms with van der Waals surface area (Å²) in [5.41, 5.74) is 0.926. The first-order valence-electron chi connectivity index (χ1n) is 4.07. The lowest BCUT2D eigenvalue weighted by Gasteiger charge is -2.29. The molecule has 0 unspecified atom stereocenters. The van der Waals surface area contributed by atoms with E-state index < -0.39 is 0 Å². The van der Waals surface area contributed by atoms with Crippen molar-refractivity contribution in [2.45, 2.75) is 19.9 Å². The molecule has 1 heterocycles. The number of rotatable bonds is 2. The van der Waals surface area contributed by atoms with E-state index in [9.17, 15) is 0 Å². The third kappa shape index (κ3) is 1.52. The summed E-state index contributed by atoms with van der Waals surface area (Å²) in [7, 11) is 1.66. The maximum absolute atomic E-state index is 5.15. The largest absolute Gasteiger partial charge is 0.495 e. The molecule has 0 bridgehead atoms. The van der Waals surface area contributed by atoms with Crippen LogP contribution in [0.2, 0.25) is 0 Å². The highest BCUT2D eigenvalue weighted by molar-refractivity contribution is 5.31. The smallest absolute Gasteiger partial charge is 0.141 e. The molecule has 0 N–H and O–H groups in total. The van der Waals surface area contributed by atoms with Gasteiger partial charge in [-0.05, 0) is 26.0 Å². The van der Waals surface area contributed by atoms with Crippen molar-refractivity contribution in [1.29, 1.82) is 0 Å². The van der Waals surface area contributed by atoms with Gasteiger partial charge in [-0.15, -0.1) is 0 Å². The van der Waals surface area contributed by atoms with Crippen LogP contribution in [0.4, 0.5) is 0 Å². The van der Waals surface area contributed by atoms with Crippen molar-refractivity contribution in [2.75, 3.05) is 7.11 Å². The van der Waals surface area contributed by atoms with Gasteiger partial charge >= 0.3 is 0 Å². The van der Waals surface area contributed by atoms with Crippen LogP contribution in [0.25, 0.3) is 0 Å². The van der Waals surface area contributed by atoms with E-state index in [-0.39, 0.29) is 0 Å². The Bertz CT molecular complexity index is 238. The van der Waals surface area contributed by atoms with Crippen LogP contribution >= 0.6 is 0 Å². The molecule has 66 valence electrons. The number of allylic oxidation sites excluding steroid dienone is 2. The van der Waals surface area contributed by atoms with Gasteiger partial charge in [0.05, 0.1) is 12.8 Å². The number of hydrogen-bond acceptors (Lipinski definition) is 2. The molecule has 0 saturated heterocycles. The van der Waals surface area contributed by atoms with Crippen LogP contribution in [0.3, 0.4) is 0 Å². The highest BCUT2D eigenvalue weighted by atomic mass is 16.5. The fourth-order valence-corrected chi connectivity index (χ4v) is 1.21. The summed E-state index contributed by atoms with van der Waals surface area (Å²) in [6.07, 6.45) is 5.89. The summed E-state index contributed by atoms with van der Waals surface area (Å²) in [5, 5.41) is 0. The molecule has 0 aromatic rings. The monoisotopic (exact) mass is 165 g/mol. The fraction of sp³-hybridized carbons (Fsp3) is 0.400. The standard InChI is InChI=1S/C10H15NO/c1-8(2)11-7-5-6-10(12-4)9(11)3/h5-8H,3H2,1-2,4H3. The highest BCUT2D eigenvalue weighted by Gasteiger charge is 2.15. The second-order valence-electron chi connectivity index (χ2n) is 3.02. The van der Waals surface area contributed by atoms with Crippen LogP contribution in [-0.2, 0) is 4.74 Å². The Morgan fingerprint density at radius 2 is 2.17 bits per heavy atom. The summed E-state index contributed by atoms with van der Waals surface area (Å²) in [4.78, 5) is 2.08. The van der Waals surface area contributed by atoms with Crippen LogP contribution in [0.15, 0.2) is 36.4 Å². The van der Waals surface area contributed by atoms with E-state index in [1.165, 1.54) is 0 Å². The zero-order chi connectivity index (χ0) is 9.14. The molecular formula is C10H15NO. The zero-order valence-electron chi connectivity index (χ0n) is 7.87. The Kier molecular flexibility index (Phi) is 2.58. The summed E-state index contributed by atoms with van der Waals surface area (Å²) in [6, 6.07) is 0.424. The predicted octanol–water partition coefficient (Wildman–Crippen LogP) is 2.27. The SMILES string of the molecule is C=C1C(OC)=CC=CN1C(C)C. The third-order valence-electron chi connectivity index (χ3n) is 1.87. The van der Waals surface area contributed by atoms with Gasteiger partial charge in [0.25, 0.3) is 0 Å². The maximum Gasteiger partial charge on any atom is 0.141 e. The van der Waals surface area contributed by atoms with E-state index in [0.29, 0.717) is 6.04 Å². The van der Waals surface area contributed by atoms with Crippen molar-refractivity contribution >= 4 is 0 Å². The zero-order valence-corrected chi connectivity index (χ0v) is 7.87. The van der Waals surface area contributed by atoms with Gasteiger partial charge in [-0.1, -0.05) is 6.58 Å². The van der Waals surface area contributed by atoms with Gasteiger partial charge in [0.15, 0.2) is 0 Å². The minimum absolute atomic E-state index is 0.424. The fourth-order valence-electron chi connectivity index (χ4n) is 1.21. The molecule has 0 amide bonds. The lowest BCUT2D eigenvalue weighted by atomic mass is 10.2. The van der Waals surface area contributed by atoms with E-state index in [1.807, 2.05) is 18.4 Å². The Balaban J connectivity index is 2.81. The molecule has 0 fully saturated rings. The summed E-state index contributed by atoms with van der Waals surface area (Å²) in [6.45, 7) is 8.19. The van der Waals surface area contributed by atoms with Crippen molar-refractivity contribution in [3.8, 4) is 0 Å². The molecule has 0 radical (unpaired) electrons. The van der Waals surface area contributed by atoms with Gasteiger partial charge in [-0.3, -0.25) is 0 Å². The molecule has 0 aromatic carbocycles. The number of hydrogen-bond donors (Lipinski definition) is 0. The van der Waals surface area contributed by atoms with Crippen LogP contribution < -0.4 is 0 Å². The first-order chi connectivity index (χ1) is 5.66.